The molecule has 1 heterocycles. The molecule has 110 valence electrons. The zero-order valence-corrected chi connectivity index (χ0v) is 10.2. The summed E-state index contributed by atoms with van der Waals surface area (Å²) >= 11 is 0. The van der Waals surface area contributed by atoms with E-state index < -0.39 is 18.1 Å². The van der Waals surface area contributed by atoms with Gasteiger partial charge in [-0.15, -0.1) is 13.2 Å². The molecular formula is C12H7F3N2O4. The number of carbonyl (C=O) groups is 1. The van der Waals surface area contributed by atoms with Gasteiger partial charge in [0.2, 0.25) is 5.88 Å². The van der Waals surface area contributed by atoms with E-state index in [1.165, 1.54) is 12.1 Å². The number of hydrogen-bond acceptors (Lipinski definition) is 5. The number of carboxylic acid groups (broad SMARTS) is 1. The number of hydrogen-bond donors (Lipinski definition) is 1. The van der Waals surface area contributed by atoms with Gasteiger partial charge in [-0.1, -0.05) is 6.07 Å². The third-order valence-corrected chi connectivity index (χ3v) is 2.11. The maximum absolute atomic E-state index is 12.1. The van der Waals surface area contributed by atoms with Crippen LogP contribution >= 0.6 is 0 Å². The smallest absolute Gasteiger partial charge is 0.476 e. The largest absolute Gasteiger partial charge is 0.573 e. The summed E-state index contributed by atoms with van der Waals surface area (Å²) in [6, 6.07) is 4.81. The van der Waals surface area contributed by atoms with Crippen LogP contribution in [0, 0.1) is 0 Å². The SMILES string of the molecule is O=C(O)c1cnc(Oc2cccc(OC(F)(F)F)c2)cn1. The van der Waals surface area contributed by atoms with Gasteiger partial charge in [-0.25, -0.2) is 14.8 Å². The highest BCUT2D eigenvalue weighted by atomic mass is 19.4. The van der Waals surface area contributed by atoms with Crippen molar-refractivity contribution in [1.82, 2.24) is 9.97 Å². The van der Waals surface area contributed by atoms with Crippen LogP contribution in [0.3, 0.4) is 0 Å². The first-order chi connectivity index (χ1) is 9.83. The van der Waals surface area contributed by atoms with Crippen LogP contribution in [0.1, 0.15) is 10.5 Å². The topological polar surface area (TPSA) is 81.5 Å². The van der Waals surface area contributed by atoms with Gasteiger partial charge in [0.05, 0.1) is 12.4 Å². The number of carboxylic acids is 1. The lowest BCUT2D eigenvalue weighted by atomic mass is 10.3. The third-order valence-electron chi connectivity index (χ3n) is 2.11. The Bertz CT molecular complexity index is 644. The zero-order chi connectivity index (χ0) is 15.5. The summed E-state index contributed by atoms with van der Waals surface area (Å²) < 4.78 is 45.1. The van der Waals surface area contributed by atoms with Crippen LogP contribution in [0.2, 0.25) is 0 Å². The minimum Gasteiger partial charge on any atom is -0.476 e. The number of aromatic nitrogens is 2. The molecule has 0 spiro atoms. The highest BCUT2D eigenvalue weighted by Gasteiger charge is 2.31. The summed E-state index contributed by atoms with van der Waals surface area (Å²) in [7, 11) is 0. The molecule has 0 atom stereocenters. The molecule has 0 amide bonds. The predicted octanol–water partition coefficient (Wildman–Crippen LogP) is 2.87. The Kier molecular flexibility index (Phi) is 3.92. The van der Waals surface area contributed by atoms with Gasteiger partial charge in [0, 0.05) is 6.07 Å². The molecule has 6 nitrogen and oxygen atoms in total. The van der Waals surface area contributed by atoms with Crippen LogP contribution in [0.4, 0.5) is 13.2 Å². The molecule has 0 aliphatic rings. The van der Waals surface area contributed by atoms with E-state index in [2.05, 4.69) is 14.7 Å². The Morgan fingerprint density at radius 2 is 1.86 bits per heavy atom. The van der Waals surface area contributed by atoms with E-state index in [9.17, 15) is 18.0 Å². The number of nitrogens with zero attached hydrogens (tertiary/aromatic N) is 2. The minimum absolute atomic E-state index is 0.0362. The van der Waals surface area contributed by atoms with E-state index >= 15 is 0 Å². The van der Waals surface area contributed by atoms with E-state index in [4.69, 9.17) is 9.84 Å². The molecule has 0 aliphatic heterocycles. The standard InChI is InChI=1S/C12H7F3N2O4/c13-12(14,15)21-8-3-1-2-7(4-8)20-10-6-16-9(5-17-10)11(18)19/h1-6H,(H,18,19). The van der Waals surface area contributed by atoms with E-state index in [-0.39, 0.29) is 17.3 Å². The van der Waals surface area contributed by atoms with Crippen molar-refractivity contribution < 1.29 is 32.5 Å². The monoisotopic (exact) mass is 300 g/mol. The second-order valence-corrected chi connectivity index (χ2v) is 3.67. The molecule has 0 aliphatic carbocycles. The van der Waals surface area contributed by atoms with Crippen LogP contribution in [0.5, 0.6) is 17.4 Å². The number of alkyl halides is 3. The number of halogens is 3. The molecule has 9 heteroatoms. The van der Waals surface area contributed by atoms with Crippen molar-refractivity contribution in [3.8, 4) is 17.4 Å². The lowest BCUT2D eigenvalue weighted by Crippen LogP contribution is -2.17. The summed E-state index contributed by atoms with van der Waals surface area (Å²) in [5.74, 6) is -1.73. The second-order valence-electron chi connectivity index (χ2n) is 3.67. The van der Waals surface area contributed by atoms with Crippen molar-refractivity contribution in [2.45, 2.75) is 6.36 Å². The summed E-state index contributed by atoms with van der Waals surface area (Å²) in [4.78, 5) is 17.8. The van der Waals surface area contributed by atoms with Crippen LogP contribution in [0.15, 0.2) is 36.7 Å². The number of benzene rings is 1. The zero-order valence-electron chi connectivity index (χ0n) is 10.2. The molecule has 21 heavy (non-hydrogen) atoms. The fourth-order valence-electron chi connectivity index (χ4n) is 1.33. The molecule has 2 aromatic rings. The Hall–Kier alpha value is -2.84. The van der Waals surface area contributed by atoms with Crippen molar-refractivity contribution in [3.63, 3.8) is 0 Å². The Balaban J connectivity index is 2.12. The molecule has 0 radical (unpaired) electrons. The van der Waals surface area contributed by atoms with E-state index in [1.807, 2.05) is 0 Å². The number of ether oxygens (including phenoxy) is 2. The lowest BCUT2D eigenvalue weighted by molar-refractivity contribution is -0.274. The third kappa shape index (κ3) is 4.34. The highest BCUT2D eigenvalue weighted by Crippen LogP contribution is 2.27. The molecule has 1 N–H and O–H groups in total. The van der Waals surface area contributed by atoms with E-state index in [0.717, 1.165) is 24.5 Å². The van der Waals surface area contributed by atoms with E-state index in [0.29, 0.717) is 0 Å². The maximum atomic E-state index is 12.1. The quantitative estimate of drug-likeness (QED) is 0.935. The molecular weight excluding hydrogens is 293 g/mol. The Morgan fingerprint density at radius 3 is 2.43 bits per heavy atom. The minimum atomic E-state index is -4.80. The fourth-order valence-corrected chi connectivity index (χ4v) is 1.33. The average molecular weight is 300 g/mol. The van der Waals surface area contributed by atoms with Crippen LogP contribution < -0.4 is 9.47 Å². The van der Waals surface area contributed by atoms with Gasteiger partial charge in [0.1, 0.15) is 11.5 Å². The summed E-state index contributed by atoms with van der Waals surface area (Å²) in [6.07, 6.45) is -2.80. The van der Waals surface area contributed by atoms with Crippen molar-refractivity contribution in [2.24, 2.45) is 0 Å². The maximum Gasteiger partial charge on any atom is 0.573 e. The first-order valence-corrected chi connectivity index (χ1v) is 5.42. The number of rotatable bonds is 4. The van der Waals surface area contributed by atoms with E-state index in [1.54, 1.807) is 0 Å². The van der Waals surface area contributed by atoms with Gasteiger partial charge in [-0.3, -0.25) is 0 Å². The molecule has 1 aromatic carbocycles. The molecule has 2 rings (SSSR count). The van der Waals surface area contributed by atoms with Gasteiger partial charge >= 0.3 is 12.3 Å². The first-order valence-electron chi connectivity index (χ1n) is 5.42. The van der Waals surface area contributed by atoms with Crippen molar-refractivity contribution in [2.75, 3.05) is 0 Å². The Morgan fingerprint density at radius 1 is 1.14 bits per heavy atom. The highest BCUT2D eigenvalue weighted by molar-refractivity contribution is 5.84. The normalized spacial score (nSPS) is 11.0. The summed E-state index contributed by atoms with van der Waals surface area (Å²) in [5.41, 5.74) is -0.281. The van der Waals surface area contributed by atoms with Gasteiger partial charge in [-0.2, -0.15) is 0 Å². The van der Waals surface area contributed by atoms with Crippen molar-refractivity contribution in [3.05, 3.63) is 42.4 Å². The van der Waals surface area contributed by atoms with Gasteiger partial charge in [0.15, 0.2) is 5.69 Å². The van der Waals surface area contributed by atoms with Gasteiger partial charge in [-0.05, 0) is 12.1 Å². The summed E-state index contributed by atoms with van der Waals surface area (Å²) in [6.45, 7) is 0. The first kappa shape index (κ1) is 14.6. The molecule has 0 saturated heterocycles. The van der Waals surface area contributed by atoms with Crippen LogP contribution in [0.25, 0.3) is 0 Å². The van der Waals surface area contributed by atoms with Gasteiger partial charge in [0.25, 0.3) is 0 Å². The molecule has 0 bridgehead atoms. The lowest BCUT2D eigenvalue weighted by Gasteiger charge is -2.10. The van der Waals surface area contributed by atoms with Crippen molar-refractivity contribution in [1.29, 1.82) is 0 Å². The fraction of sp³-hybridized carbons (Fsp3) is 0.0833. The molecule has 1 aromatic heterocycles. The van der Waals surface area contributed by atoms with Gasteiger partial charge < -0.3 is 14.6 Å². The van der Waals surface area contributed by atoms with Crippen molar-refractivity contribution >= 4 is 5.97 Å². The Labute approximate surface area is 115 Å². The van der Waals surface area contributed by atoms with Crippen LogP contribution in [-0.2, 0) is 0 Å². The molecule has 0 fully saturated rings. The van der Waals surface area contributed by atoms with Crippen LogP contribution in [-0.4, -0.2) is 27.4 Å². The molecule has 0 unspecified atom stereocenters. The second kappa shape index (κ2) is 5.65. The number of aromatic carboxylic acids is 1. The molecule has 0 saturated carbocycles. The predicted molar refractivity (Wildman–Crippen MR) is 62.2 cm³/mol. The summed E-state index contributed by atoms with van der Waals surface area (Å²) in [5, 5.41) is 8.64. The average Bonchev–Trinajstić information content (AvgIpc) is 2.37.